The van der Waals surface area contributed by atoms with E-state index >= 15 is 0 Å². The van der Waals surface area contributed by atoms with Gasteiger partial charge in [0.1, 0.15) is 11.6 Å². The molecule has 1 aromatic heterocycles. The summed E-state index contributed by atoms with van der Waals surface area (Å²) in [5.74, 6) is 0.544. The van der Waals surface area contributed by atoms with Gasteiger partial charge in [-0.15, -0.1) is 0 Å². The van der Waals surface area contributed by atoms with Crippen LogP contribution in [0.2, 0.25) is 0 Å². The summed E-state index contributed by atoms with van der Waals surface area (Å²) >= 11 is 0. The lowest BCUT2D eigenvalue weighted by Crippen LogP contribution is -2.28. The average Bonchev–Trinajstić information content (AvgIpc) is 2.94. The molecule has 2 aromatic rings. The van der Waals surface area contributed by atoms with Crippen molar-refractivity contribution in [3.8, 4) is 11.3 Å². The lowest BCUT2D eigenvalue weighted by molar-refractivity contribution is 0.0928. The highest BCUT2D eigenvalue weighted by Gasteiger charge is 2.11. The maximum absolute atomic E-state index is 11.7. The quantitative estimate of drug-likeness (QED) is 0.478. The van der Waals surface area contributed by atoms with Crippen LogP contribution in [-0.4, -0.2) is 24.8 Å². The maximum atomic E-state index is 11.7. The van der Waals surface area contributed by atoms with Crippen molar-refractivity contribution in [3.63, 3.8) is 0 Å². The van der Waals surface area contributed by atoms with E-state index in [-0.39, 0.29) is 17.5 Å². The molecule has 0 aliphatic carbocycles. The van der Waals surface area contributed by atoms with E-state index in [0.29, 0.717) is 24.4 Å². The molecule has 0 bridgehead atoms. The Hall–Kier alpha value is -2.60. The van der Waals surface area contributed by atoms with Gasteiger partial charge in [0.15, 0.2) is 5.76 Å². The summed E-state index contributed by atoms with van der Waals surface area (Å²) in [4.78, 5) is 11.7. The molecule has 0 unspecified atom stereocenters. The van der Waals surface area contributed by atoms with Crippen LogP contribution in [0.15, 0.2) is 40.8 Å². The Balaban J connectivity index is 2.16. The van der Waals surface area contributed by atoms with Gasteiger partial charge in [-0.2, -0.15) is 0 Å². The fourth-order valence-electron chi connectivity index (χ4n) is 1.70. The van der Waals surface area contributed by atoms with E-state index in [2.05, 4.69) is 5.32 Å². The number of nitrogens with one attached hydrogen (secondary N) is 2. The van der Waals surface area contributed by atoms with E-state index in [0.717, 1.165) is 5.56 Å². The molecule has 0 aliphatic rings. The van der Waals surface area contributed by atoms with Gasteiger partial charge in [0.05, 0.1) is 0 Å². The SMILES string of the molecule is N=C(N)c1ccc(-c2ccc(C(=O)NCCN)o2)cc1. The van der Waals surface area contributed by atoms with Crippen molar-refractivity contribution in [2.45, 2.75) is 0 Å². The molecular weight excluding hydrogens is 256 g/mol. The lowest BCUT2D eigenvalue weighted by Gasteiger charge is -2.01. The second-order valence-electron chi connectivity index (χ2n) is 4.20. The Kier molecular flexibility index (Phi) is 4.17. The predicted octanol–water partition coefficient (Wildman–Crippen LogP) is 0.919. The topological polar surface area (TPSA) is 118 Å². The molecule has 0 spiro atoms. The Morgan fingerprint density at radius 2 is 1.90 bits per heavy atom. The molecule has 1 aromatic carbocycles. The first-order valence-electron chi connectivity index (χ1n) is 6.14. The fourth-order valence-corrected chi connectivity index (χ4v) is 1.70. The number of rotatable bonds is 5. The van der Waals surface area contributed by atoms with Crippen LogP contribution in [0.4, 0.5) is 0 Å². The predicted molar refractivity (Wildman–Crippen MR) is 76.5 cm³/mol. The number of hydrogen-bond donors (Lipinski definition) is 4. The Morgan fingerprint density at radius 3 is 2.50 bits per heavy atom. The molecule has 6 nitrogen and oxygen atoms in total. The summed E-state index contributed by atoms with van der Waals surface area (Å²) in [5.41, 5.74) is 12.2. The summed E-state index contributed by atoms with van der Waals surface area (Å²) in [5, 5.41) is 9.96. The summed E-state index contributed by atoms with van der Waals surface area (Å²) in [6, 6.07) is 10.4. The second kappa shape index (κ2) is 6.03. The van der Waals surface area contributed by atoms with Gasteiger partial charge in [0.25, 0.3) is 5.91 Å². The summed E-state index contributed by atoms with van der Waals surface area (Å²) < 4.78 is 5.49. The van der Waals surface area contributed by atoms with Crippen molar-refractivity contribution >= 4 is 11.7 Å². The van der Waals surface area contributed by atoms with Gasteiger partial charge in [-0.05, 0) is 12.1 Å². The Morgan fingerprint density at radius 1 is 1.20 bits per heavy atom. The van der Waals surface area contributed by atoms with E-state index in [4.69, 9.17) is 21.3 Å². The third kappa shape index (κ3) is 3.04. The zero-order valence-corrected chi connectivity index (χ0v) is 10.8. The highest BCUT2D eigenvalue weighted by molar-refractivity contribution is 5.95. The molecule has 20 heavy (non-hydrogen) atoms. The molecule has 0 saturated heterocycles. The lowest BCUT2D eigenvalue weighted by atomic mass is 10.1. The van der Waals surface area contributed by atoms with Crippen LogP contribution in [0.3, 0.4) is 0 Å². The Bertz CT molecular complexity index is 616. The standard InChI is InChI=1S/C14H16N4O2/c15-7-8-18-14(19)12-6-5-11(20-12)9-1-3-10(4-2-9)13(16)17/h1-6H,7-8,15H2,(H3,16,17)(H,18,19). The van der Waals surface area contributed by atoms with Gasteiger partial charge in [-0.1, -0.05) is 24.3 Å². The van der Waals surface area contributed by atoms with Crippen molar-refractivity contribution in [1.29, 1.82) is 5.41 Å². The number of hydrogen-bond acceptors (Lipinski definition) is 4. The van der Waals surface area contributed by atoms with E-state index in [1.54, 1.807) is 36.4 Å². The number of carbonyl (C=O) groups excluding carboxylic acids is 1. The molecule has 6 heteroatoms. The summed E-state index contributed by atoms with van der Waals surface area (Å²) in [6.07, 6.45) is 0. The number of furan rings is 1. The molecule has 0 atom stereocenters. The fraction of sp³-hybridized carbons (Fsp3) is 0.143. The number of carbonyl (C=O) groups is 1. The summed E-state index contributed by atoms with van der Waals surface area (Å²) in [6.45, 7) is 0.786. The summed E-state index contributed by atoms with van der Waals surface area (Å²) in [7, 11) is 0. The number of amides is 1. The average molecular weight is 272 g/mol. The molecule has 1 heterocycles. The first kappa shape index (κ1) is 13.8. The molecule has 2 rings (SSSR count). The minimum Gasteiger partial charge on any atom is -0.451 e. The minimum absolute atomic E-state index is 0.0119. The van der Waals surface area contributed by atoms with Crippen LogP contribution in [0.1, 0.15) is 16.1 Å². The van der Waals surface area contributed by atoms with Gasteiger partial charge < -0.3 is 21.2 Å². The van der Waals surface area contributed by atoms with Crippen LogP contribution < -0.4 is 16.8 Å². The van der Waals surface area contributed by atoms with Crippen LogP contribution in [0.25, 0.3) is 11.3 Å². The van der Waals surface area contributed by atoms with Crippen molar-refractivity contribution < 1.29 is 9.21 Å². The smallest absolute Gasteiger partial charge is 0.287 e. The molecule has 6 N–H and O–H groups in total. The second-order valence-corrected chi connectivity index (χ2v) is 4.20. The third-order valence-corrected chi connectivity index (χ3v) is 2.74. The Labute approximate surface area is 116 Å². The van der Waals surface area contributed by atoms with Crippen molar-refractivity contribution in [1.82, 2.24) is 5.32 Å². The number of amidine groups is 1. The monoisotopic (exact) mass is 272 g/mol. The minimum atomic E-state index is -0.290. The number of nitrogens with two attached hydrogens (primary N) is 2. The normalized spacial score (nSPS) is 10.2. The van der Waals surface area contributed by atoms with Gasteiger partial charge in [0, 0.05) is 24.2 Å². The van der Waals surface area contributed by atoms with Crippen LogP contribution in [0.5, 0.6) is 0 Å². The van der Waals surface area contributed by atoms with Crippen molar-refractivity contribution in [3.05, 3.63) is 47.7 Å². The number of benzene rings is 1. The van der Waals surface area contributed by atoms with E-state index < -0.39 is 0 Å². The van der Waals surface area contributed by atoms with E-state index in [1.165, 1.54) is 0 Å². The molecule has 0 saturated carbocycles. The first-order valence-corrected chi connectivity index (χ1v) is 6.14. The first-order chi connectivity index (χ1) is 9.61. The van der Waals surface area contributed by atoms with Crippen molar-refractivity contribution in [2.75, 3.05) is 13.1 Å². The van der Waals surface area contributed by atoms with Crippen LogP contribution >= 0.6 is 0 Å². The highest BCUT2D eigenvalue weighted by Crippen LogP contribution is 2.22. The van der Waals surface area contributed by atoms with Gasteiger partial charge >= 0.3 is 0 Å². The van der Waals surface area contributed by atoms with Gasteiger partial charge in [-0.3, -0.25) is 10.2 Å². The molecule has 0 fully saturated rings. The van der Waals surface area contributed by atoms with E-state index in [1.807, 2.05) is 0 Å². The van der Waals surface area contributed by atoms with Crippen LogP contribution in [-0.2, 0) is 0 Å². The molecule has 1 amide bonds. The van der Waals surface area contributed by atoms with Crippen molar-refractivity contribution in [2.24, 2.45) is 11.5 Å². The molecule has 0 radical (unpaired) electrons. The van der Waals surface area contributed by atoms with Gasteiger partial charge in [0.2, 0.25) is 0 Å². The third-order valence-electron chi connectivity index (χ3n) is 2.74. The molecule has 0 aliphatic heterocycles. The highest BCUT2D eigenvalue weighted by atomic mass is 16.3. The molecule has 104 valence electrons. The molecular formula is C14H16N4O2. The zero-order chi connectivity index (χ0) is 14.5. The van der Waals surface area contributed by atoms with Gasteiger partial charge in [-0.25, -0.2) is 0 Å². The zero-order valence-electron chi connectivity index (χ0n) is 10.8. The number of nitrogen functional groups attached to an aromatic ring is 1. The largest absolute Gasteiger partial charge is 0.451 e. The van der Waals surface area contributed by atoms with Crippen LogP contribution in [0, 0.1) is 5.41 Å². The maximum Gasteiger partial charge on any atom is 0.287 e. The van der Waals surface area contributed by atoms with E-state index in [9.17, 15) is 4.79 Å².